The molecule has 0 unspecified atom stereocenters. The minimum Gasteiger partial charge on any atom is -0.395 e. The molecule has 0 radical (unpaired) electrons. The molecule has 1 heterocycles. The number of amides is 1. The average molecular weight is 236 g/mol. The van der Waals surface area contributed by atoms with Crippen LogP contribution in [0.4, 0.5) is 5.69 Å². The van der Waals surface area contributed by atoms with Gasteiger partial charge in [-0.2, -0.15) is 5.10 Å². The van der Waals surface area contributed by atoms with E-state index in [9.17, 15) is 4.79 Å². The number of nitrogen functional groups attached to an aromatic ring is 1. The molecule has 0 bridgehead atoms. The normalized spacial score (nSPS) is 14.9. The van der Waals surface area contributed by atoms with Crippen molar-refractivity contribution in [2.45, 2.75) is 45.6 Å². The van der Waals surface area contributed by atoms with Gasteiger partial charge >= 0.3 is 0 Å². The Balaban J connectivity index is 2.13. The van der Waals surface area contributed by atoms with Gasteiger partial charge in [0.25, 0.3) is 5.91 Å². The van der Waals surface area contributed by atoms with Crippen LogP contribution >= 0.6 is 0 Å². The number of nitrogens with one attached hydrogen (secondary N) is 1. The maximum atomic E-state index is 12.3. The molecule has 5 heteroatoms. The fourth-order valence-corrected chi connectivity index (χ4v) is 1.90. The first-order chi connectivity index (χ1) is 8.15. The first kappa shape index (κ1) is 12.0. The van der Waals surface area contributed by atoms with E-state index in [-0.39, 0.29) is 5.91 Å². The summed E-state index contributed by atoms with van der Waals surface area (Å²) in [4.78, 5) is 14.3. The van der Waals surface area contributed by atoms with Crippen LogP contribution in [0.1, 0.15) is 48.8 Å². The fourth-order valence-electron chi connectivity index (χ4n) is 1.90. The van der Waals surface area contributed by atoms with Crippen molar-refractivity contribution in [3.63, 3.8) is 0 Å². The minimum absolute atomic E-state index is 0.0252. The van der Waals surface area contributed by atoms with Crippen LogP contribution in [0.2, 0.25) is 0 Å². The second-order valence-electron chi connectivity index (χ2n) is 4.69. The van der Waals surface area contributed by atoms with Crippen LogP contribution in [0.25, 0.3) is 0 Å². The predicted molar refractivity (Wildman–Crippen MR) is 66.7 cm³/mol. The second kappa shape index (κ2) is 4.77. The molecule has 1 aliphatic carbocycles. The summed E-state index contributed by atoms with van der Waals surface area (Å²) in [5.41, 5.74) is 7.48. The molecule has 94 valence electrons. The monoisotopic (exact) mass is 236 g/mol. The van der Waals surface area contributed by atoms with Crippen LogP contribution in [-0.4, -0.2) is 33.6 Å². The van der Waals surface area contributed by atoms with Crippen LogP contribution in [0.5, 0.6) is 0 Å². The van der Waals surface area contributed by atoms with Crippen molar-refractivity contribution in [3.05, 3.63) is 11.4 Å². The van der Waals surface area contributed by atoms with E-state index in [4.69, 9.17) is 5.73 Å². The number of nitrogens with zero attached hydrogens (tertiary/aromatic N) is 2. The Labute approximate surface area is 101 Å². The molecule has 17 heavy (non-hydrogen) atoms. The lowest BCUT2D eigenvalue weighted by Crippen LogP contribution is -2.34. The number of carbonyl (C=O) groups is 1. The molecule has 1 aliphatic rings. The van der Waals surface area contributed by atoms with Gasteiger partial charge in [-0.1, -0.05) is 13.3 Å². The predicted octanol–water partition coefficient (Wildman–Crippen LogP) is 1.71. The number of nitrogens with two attached hydrogens (primary N) is 1. The van der Waals surface area contributed by atoms with Crippen LogP contribution in [0.15, 0.2) is 0 Å². The smallest absolute Gasteiger partial charge is 0.276 e. The van der Waals surface area contributed by atoms with E-state index in [1.54, 1.807) is 0 Å². The minimum atomic E-state index is -0.0252. The number of hydrogen-bond acceptors (Lipinski definition) is 3. The topological polar surface area (TPSA) is 75.0 Å². The molecule has 1 aromatic rings. The Morgan fingerprint density at radius 3 is 2.76 bits per heavy atom. The number of unbranched alkanes of at least 4 members (excludes halogenated alkanes) is 1. The Hall–Kier alpha value is -1.52. The number of aromatic amines is 1. The molecule has 0 aromatic carbocycles. The molecule has 3 N–H and O–H groups in total. The molecule has 1 fully saturated rings. The van der Waals surface area contributed by atoms with Crippen LogP contribution in [-0.2, 0) is 0 Å². The van der Waals surface area contributed by atoms with E-state index in [1.165, 1.54) is 0 Å². The third-order valence-corrected chi connectivity index (χ3v) is 3.20. The van der Waals surface area contributed by atoms with Gasteiger partial charge in [-0.25, -0.2) is 0 Å². The van der Waals surface area contributed by atoms with E-state index in [0.29, 0.717) is 17.4 Å². The highest BCUT2D eigenvalue weighted by molar-refractivity contribution is 5.97. The summed E-state index contributed by atoms with van der Waals surface area (Å²) in [6.45, 7) is 4.76. The summed E-state index contributed by atoms with van der Waals surface area (Å²) in [7, 11) is 0. The highest BCUT2D eigenvalue weighted by atomic mass is 16.2. The summed E-state index contributed by atoms with van der Waals surface area (Å²) < 4.78 is 0. The number of aromatic nitrogens is 2. The van der Waals surface area contributed by atoms with Crippen molar-refractivity contribution in [1.82, 2.24) is 15.1 Å². The SMILES string of the molecule is CCCCN(C(=O)c1n[nH]c(C)c1N)C1CC1. The van der Waals surface area contributed by atoms with Crippen molar-refractivity contribution in [2.75, 3.05) is 12.3 Å². The molecule has 2 rings (SSSR count). The summed E-state index contributed by atoms with van der Waals surface area (Å²) in [6, 6.07) is 0.408. The summed E-state index contributed by atoms with van der Waals surface area (Å²) in [5, 5.41) is 6.78. The van der Waals surface area contributed by atoms with E-state index in [1.807, 2.05) is 11.8 Å². The first-order valence-electron chi connectivity index (χ1n) is 6.26. The Morgan fingerprint density at radius 2 is 2.29 bits per heavy atom. The lowest BCUT2D eigenvalue weighted by atomic mass is 10.2. The van der Waals surface area contributed by atoms with Gasteiger partial charge in [0.1, 0.15) is 0 Å². The lowest BCUT2D eigenvalue weighted by Gasteiger charge is -2.21. The zero-order valence-electron chi connectivity index (χ0n) is 10.5. The van der Waals surface area contributed by atoms with Gasteiger partial charge in [-0.05, 0) is 26.2 Å². The molecule has 1 aromatic heterocycles. The quantitative estimate of drug-likeness (QED) is 0.817. The number of carbonyl (C=O) groups excluding carboxylic acids is 1. The molecular formula is C12H20N4O. The number of aryl methyl sites for hydroxylation is 1. The van der Waals surface area contributed by atoms with Crippen molar-refractivity contribution in [1.29, 1.82) is 0 Å². The second-order valence-corrected chi connectivity index (χ2v) is 4.69. The molecular weight excluding hydrogens is 216 g/mol. The maximum absolute atomic E-state index is 12.3. The number of hydrogen-bond donors (Lipinski definition) is 2. The Kier molecular flexibility index (Phi) is 3.36. The largest absolute Gasteiger partial charge is 0.395 e. The van der Waals surface area contributed by atoms with Gasteiger partial charge in [-0.15, -0.1) is 0 Å². The average Bonchev–Trinajstić information content (AvgIpc) is 3.08. The molecule has 1 saturated carbocycles. The maximum Gasteiger partial charge on any atom is 0.276 e. The molecule has 1 amide bonds. The van der Waals surface area contributed by atoms with Gasteiger partial charge in [0.15, 0.2) is 5.69 Å². The van der Waals surface area contributed by atoms with Crippen LogP contribution in [0.3, 0.4) is 0 Å². The number of rotatable bonds is 5. The van der Waals surface area contributed by atoms with Gasteiger partial charge in [0.05, 0.1) is 11.4 Å². The van der Waals surface area contributed by atoms with Gasteiger partial charge in [0, 0.05) is 12.6 Å². The van der Waals surface area contributed by atoms with Gasteiger partial charge in [0.2, 0.25) is 0 Å². The molecule has 0 aliphatic heterocycles. The molecule has 0 atom stereocenters. The first-order valence-corrected chi connectivity index (χ1v) is 6.26. The van der Waals surface area contributed by atoms with E-state index in [0.717, 1.165) is 37.9 Å². The standard InChI is InChI=1S/C12H20N4O/c1-3-4-7-16(9-5-6-9)12(17)11-10(13)8(2)14-15-11/h9H,3-7,13H2,1-2H3,(H,14,15). The van der Waals surface area contributed by atoms with E-state index in [2.05, 4.69) is 17.1 Å². The van der Waals surface area contributed by atoms with Crippen LogP contribution < -0.4 is 5.73 Å². The van der Waals surface area contributed by atoms with Gasteiger partial charge < -0.3 is 10.6 Å². The Bertz CT molecular complexity index is 409. The lowest BCUT2D eigenvalue weighted by molar-refractivity contribution is 0.0736. The van der Waals surface area contributed by atoms with Crippen molar-refractivity contribution >= 4 is 11.6 Å². The highest BCUT2D eigenvalue weighted by Gasteiger charge is 2.34. The third kappa shape index (κ3) is 2.43. The van der Waals surface area contributed by atoms with Crippen molar-refractivity contribution in [3.8, 4) is 0 Å². The fraction of sp³-hybridized carbons (Fsp3) is 0.667. The van der Waals surface area contributed by atoms with E-state index >= 15 is 0 Å². The third-order valence-electron chi connectivity index (χ3n) is 3.20. The van der Waals surface area contributed by atoms with Crippen LogP contribution in [0, 0.1) is 6.92 Å². The summed E-state index contributed by atoms with van der Waals surface area (Å²) in [5.74, 6) is -0.0252. The molecule has 5 nitrogen and oxygen atoms in total. The summed E-state index contributed by atoms with van der Waals surface area (Å²) in [6.07, 6.45) is 4.34. The Morgan fingerprint density at radius 1 is 1.59 bits per heavy atom. The van der Waals surface area contributed by atoms with E-state index < -0.39 is 0 Å². The molecule has 0 spiro atoms. The zero-order chi connectivity index (χ0) is 12.4. The number of H-pyrrole nitrogens is 1. The summed E-state index contributed by atoms with van der Waals surface area (Å²) >= 11 is 0. The highest BCUT2D eigenvalue weighted by Crippen LogP contribution is 2.29. The van der Waals surface area contributed by atoms with Crippen molar-refractivity contribution < 1.29 is 4.79 Å². The number of anilines is 1. The van der Waals surface area contributed by atoms with Crippen molar-refractivity contribution in [2.24, 2.45) is 0 Å². The van der Waals surface area contributed by atoms with Gasteiger partial charge in [-0.3, -0.25) is 9.89 Å². The zero-order valence-corrected chi connectivity index (χ0v) is 10.5. The molecule has 0 saturated heterocycles.